The number of piperazine rings is 1. The van der Waals surface area contributed by atoms with E-state index >= 15 is 0 Å². The van der Waals surface area contributed by atoms with E-state index in [1.807, 2.05) is 14.0 Å². The van der Waals surface area contributed by atoms with Gasteiger partial charge in [-0.2, -0.15) is 0 Å². The van der Waals surface area contributed by atoms with Crippen LogP contribution >= 0.6 is 0 Å². The van der Waals surface area contributed by atoms with Crippen LogP contribution < -0.4 is 5.32 Å². The highest BCUT2D eigenvalue weighted by molar-refractivity contribution is 5.82. The third-order valence-electron chi connectivity index (χ3n) is 5.89. The SMILES string of the molecule is CCc1ccc(CN(C)C(=O)CN2CCN(C(C)C(=O)NC3CC3)CC2)cc1. The molecule has 1 heterocycles. The lowest BCUT2D eigenvalue weighted by Gasteiger charge is -2.37. The van der Waals surface area contributed by atoms with Gasteiger partial charge in [0, 0.05) is 45.8 Å². The molecule has 1 atom stereocenters. The Morgan fingerprint density at radius 2 is 1.71 bits per heavy atom. The number of nitrogens with one attached hydrogen (secondary N) is 1. The molecular weight excluding hydrogens is 352 g/mol. The van der Waals surface area contributed by atoms with Crippen molar-refractivity contribution in [3.63, 3.8) is 0 Å². The Hall–Kier alpha value is -1.92. The zero-order valence-corrected chi connectivity index (χ0v) is 17.5. The molecule has 0 aromatic heterocycles. The maximum Gasteiger partial charge on any atom is 0.237 e. The summed E-state index contributed by atoms with van der Waals surface area (Å²) in [5, 5.41) is 3.08. The summed E-state index contributed by atoms with van der Waals surface area (Å²) in [4.78, 5) is 31.0. The molecule has 2 aliphatic rings. The zero-order chi connectivity index (χ0) is 20.1. The summed E-state index contributed by atoms with van der Waals surface area (Å²) in [6, 6.07) is 8.79. The van der Waals surface area contributed by atoms with Crippen molar-refractivity contribution in [2.45, 2.75) is 51.7 Å². The second-order valence-electron chi connectivity index (χ2n) is 8.19. The minimum absolute atomic E-state index is 0.0905. The molecule has 6 nitrogen and oxygen atoms in total. The van der Waals surface area contributed by atoms with Crippen molar-refractivity contribution in [1.29, 1.82) is 0 Å². The number of rotatable bonds is 8. The number of carbonyl (C=O) groups excluding carboxylic acids is 2. The van der Waals surface area contributed by atoms with Crippen molar-refractivity contribution in [3.05, 3.63) is 35.4 Å². The smallest absolute Gasteiger partial charge is 0.237 e. The number of nitrogens with zero attached hydrogens (tertiary/aromatic N) is 3. The fourth-order valence-electron chi connectivity index (χ4n) is 3.58. The Bertz CT molecular complexity index is 664. The highest BCUT2D eigenvalue weighted by Gasteiger charge is 2.30. The first-order valence-electron chi connectivity index (χ1n) is 10.5. The van der Waals surface area contributed by atoms with Gasteiger partial charge in [-0.15, -0.1) is 0 Å². The molecule has 1 saturated heterocycles. The second-order valence-corrected chi connectivity index (χ2v) is 8.19. The van der Waals surface area contributed by atoms with Gasteiger partial charge in [-0.25, -0.2) is 0 Å². The van der Waals surface area contributed by atoms with Crippen molar-refractivity contribution >= 4 is 11.8 Å². The van der Waals surface area contributed by atoms with E-state index in [1.54, 1.807) is 4.90 Å². The van der Waals surface area contributed by atoms with Gasteiger partial charge in [-0.3, -0.25) is 19.4 Å². The van der Waals surface area contributed by atoms with Gasteiger partial charge in [0.1, 0.15) is 0 Å². The van der Waals surface area contributed by atoms with Gasteiger partial charge < -0.3 is 10.2 Å². The summed E-state index contributed by atoms with van der Waals surface area (Å²) in [6.45, 7) is 8.52. The van der Waals surface area contributed by atoms with Crippen LogP contribution in [0.1, 0.15) is 37.8 Å². The normalized spacial score (nSPS) is 19.2. The maximum absolute atomic E-state index is 12.6. The second kappa shape index (κ2) is 9.52. The van der Waals surface area contributed by atoms with Gasteiger partial charge in [0.15, 0.2) is 0 Å². The third-order valence-corrected chi connectivity index (χ3v) is 5.89. The van der Waals surface area contributed by atoms with Crippen LogP contribution in [0.4, 0.5) is 0 Å². The summed E-state index contributed by atoms with van der Waals surface area (Å²) < 4.78 is 0. The molecule has 1 aliphatic heterocycles. The van der Waals surface area contributed by atoms with Crippen LogP contribution in [0.25, 0.3) is 0 Å². The molecule has 154 valence electrons. The molecule has 6 heteroatoms. The molecule has 1 aromatic carbocycles. The summed E-state index contributed by atoms with van der Waals surface area (Å²) in [7, 11) is 1.87. The maximum atomic E-state index is 12.6. The predicted octanol–water partition coefficient (Wildman–Crippen LogP) is 1.49. The van der Waals surface area contributed by atoms with Crippen molar-refractivity contribution in [3.8, 4) is 0 Å². The topological polar surface area (TPSA) is 55.9 Å². The van der Waals surface area contributed by atoms with E-state index in [2.05, 4.69) is 46.3 Å². The largest absolute Gasteiger partial charge is 0.352 e. The minimum atomic E-state index is -0.0905. The van der Waals surface area contributed by atoms with Crippen LogP contribution in [0.5, 0.6) is 0 Å². The molecular formula is C22H34N4O2. The molecule has 3 rings (SSSR count). The van der Waals surface area contributed by atoms with Gasteiger partial charge in [-0.05, 0) is 37.3 Å². The fourth-order valence-corrected chi connectivity index (χ4v) is 3.58. The standard InChI is InChI=1S/C22H34N4O2/c1-4-18-5-7-19(8-6-18)15-24(3)21(27)16-25-11-13-26(14-12-25)17(2)22(28)23-20-9-10-20/h5-8,17,20H,4,9-16H2,1-3H3,(H,23,28). The van der Waals surface area contributed by atoms with Crippen molar-refractivity contribution in [2.24, 2.45) is 0 Å². The first-order valence-corrected chi connectivity index (χ1v) is 10.5. The minimum Gasteiger partial charge on any atom is -0.352 e. The number of hydrogen-bond donors (Lipinski definition) is 1. The quantitative estimate of drug-likeness (QED) is 0.736. The third kappa shape index (κ3) is 5.79. The Labute approximate surface area is 168 Å². The van der Waals surface area contributed by atoms with Crippen LogP contribution in [0.3, 0.4) is 0 Å². The van der Waals surface area contributed by atoms with Gasteiger partial charge in [0.2, 0.25) is 11.8 Å². The highest BCUT2D eigenvalue weighted by Crippen LogP contribution is 2.19. The monoisotopic (exact) mass is 386 g/mol. The first kappa shape index (κ1) is 20.8. The number of hydrogen-bond acceptors (Lipinski definition) is 4. The van der Waals surface area contributed by atoms with Crippen LogP contribution in [0, 0.1) is 0 Å². The lowest BCUT2D eigenvalue weighted by Crippen LogP contribution is -2.55. The number of likely N-dealkylation sites (N-methyl/N-ethyl adjacent to an activating group) is 1. The number of aryl methyl sites for hydroxylation is 1. The average Bonchev–Trinajstić information content (AvgIpc) is 3.52. The van der Waals surface area contributed by atoms with Crippen LogP contribution in [0.2, 0.25) is 0 Å². The zero-order valence-electron chi connectivity index (χ0n) is 17.5. The van der Waals surface area contributed by atoms with Gasteiger partial charge >= 0.3 is 0 Å². The molecule has 1 unspecified atom stereocenters. The molecule has 0 bridgehead atoms. The van der Waals surface area contributed by atoms with E-state index < -0.39 is 0 Å². The Morgan fingerprint density at radius 3 is 2.29 bits per heavy atom. The first-order chi connectivity index (χ1) is 13.5. The number of benzene rings is 1. The van der Waals surface area contributed by atoms with E-state index in [4.69, 9.17) is 0 Å². The Kier molecular flexibility index (Phi) is 7.08. The van der Waals surface area contributed by atoms with Gasteiger partial charge in [-0.1, -0.05) is 31.2 Å². The van der Waals surface area contributed by atoms with Crippen molar-refractivity contribution in [2.75, 3.05) is 39.8 Å². The molecule has 1 aromatic rings. The van der Waals surface area contributed by atoms with Crippen LogP contribution in [-0.2, 0) is 22.6 Å². The Morgan fingerprint density at radius 1 is 1.11 bits per heavy atom. The molecule has 0 radical (unpaired) electrons. The summed E-state index contributed by atoms with van der Waals surface area (Å²) in [6.07, 6.45) is 3.26. The van der Waals surface area contributed by atoms with Crippen LogP contribution in [-0.4, -0.2) is 78.4 Å². The number of amides is 2. The lowest BCUT2D eigenvalue weighted by atomic mass is 10.1. The van der Waals surface area contributed by atoms with E-state index in [0.717, 1.165) is 51.0 Å². The molecule has 2 fully saturated rings. The Balaban J connectivity index is 1.40. The average molecular weight is 387 g/mol. The molecule has 1 N–H and O–H groups in total. The number of carbonyl (C=O) groups is 2. The van der Waals surface area contributed by atoms with E-state index in [1.165, 1.54) is 5.56 Å². The summed E-state index contributed by atoms with van der Waals surface area (Å²) in [5.74, 6) is 0.286. The van der Waals surface area contributed by atoms with E-state index in [9.17, 15) is 9.59 Å². The molecule has 1 aliphatic carbocycles. The summed E-state index contributed by atoms with van der Waals surface area (Å²) in [5.41, 5.74) is 2.48. The van der Waals surface area contributed by atoms with Crippen molar-refractivity contribution < 1.29 is 9.59 Å². The molecule has 0 spiro atoms. The summed E-state index contributed by atoms with van der Waals surface area (Å²) >= 11 is 0. The molecule has 28 heavy (non-hydrogen) atoms. The van der Waals surface area contributed by atoms with Gasteiger partial charge in [0.05, 0.1) is 12.6 Å². The predicted molar refractivity (Wildman–Crippen MR) is 111 cm³/mol. The fraction of sp³-hybridized carbons (Fsp3) is 0.636. The van der Waals surface area contributed by atoms with Crippen molar-refractivity contribution in [1.82, 2.24) is 20.0 Å². The molecule has 1 saturated carbocycles. The van der Waals surface area contributed by atoms with Crippen LogP contribution in [0.15, 0.2) is 24.3 Å². The van der Waals surface area contributed by atoms with E-state index in [0.29, 0.717) is 19.1 Å². The van der Waals surface area contributed by atoms with E-state index in [-0.39, 0.29) is 17.9 Å². The molecule has 2 amide bonds. The highest BCUT2D eigenvalue weighted by atomic mass is 16.2. The lowest BCUT2D eigenvalue weighted by molar-refractivity contribution is -0.133. The van der Waals surface area contributed by atoms with Gasteiger partial charge in [0.25, 0.3) is 0 Å².